The Morgan fingerprint density at radius 1 is 1.55 bits per heavy atom. The molecular weight excluding hydrogens is 163 g/mol. The summed E-state index contributed by atoms with van der Waals surface area (Å²) >= 11 is 1.04. The topological polar surface area (TPSA) is 58.2 Å². The molecule has 0 spiro atoms. The lowest BCUT2D eigenvalue weighted by Gasteiger charge is -2.00. The summed E-state index contributed by atoms with van der Waals surface area (Å²) < 4.78 is 2.41. The Kier molecular flexibility index (Phi) is 5.73. The first-order chi connectivity index (χ1) is 5.16. The summed E-state index contributed by atoms with van der Waals surface area (Å²) in [5.74, 6) is -0.168. The number of hydrogen-bond donors (Lipinski definition) is 2. The highest BCUT2D eigenvalue weighted by Crippen LogP contribution is 1.90. The molecule has 0 aliphatic carbocycles. The predicted molar refractivity (Wildman–Crippen MR) is 45.0 cm³/mol. The summed E-state index contributed by atoms with van der Waals surface area (Å²) in [6, 6.07) is 0. The zero-order valence-corrected chi connectivity index (χ0v) is 7.03. The molecule has 2 amide bonds. The number of rotatable bonds is 4. The van der Waals surface area contributed by atoms with Gasteiger partial charge in [0.1, 0.15) is 0 Å². The van der Waals surface area contributed by atoms with Crippen molar-refractivity contribution in [2.45, 2.75) is 6.92 Å². The van der Waals surface area contributed by atoms with Crippen molar-refractivity contribution in [3.05, 3.63) is 0 Å². The lowest BCUT2D eigenvalue weighted by Crippen LogP contribution is -2.27. The van der Waals surface area contributed by atoms with E-state index in [-0.39, 0.29) is 24.0 Å². The minimum Gasteiger partial charge on any atom is -0.364 e. The Morgan fingerprint density at radius 3 is 2.64 bits per heavy atom. The van der Waals surface area contributed by atoms with Gasteiger partial charge in [0.25, 0.3) is 0 Å². The molecular formula is C5H9BN2O2S. The van der Waals surface area contributed by atoms with Crippen molar-refractivity contribution in [3.8, 4) is 0 Å². The molecule has 0 saturated heterocycles. The van der Waals surface area contributed by atoms with Gasteiger partial charge < -0.3 is 5.32 Å². The number of hydrogen-bond acceptors (Lipinski definition) is 3. The van der Waals surface area contributed by atoms with Crippen molar-refractivity contribution in [2.75, 3.05) is 12.2 Å². The predicted octanol–water partition coefficient (Wildman–Crippen LogP) is -0.987. The maximum absolute atomic E-state index is 10.7. The van der Waals surface area contributed by atoms with Gasteiger partial charge in [-0.3, -0.25) is 14.3 Å². The second kappa shape index (κ2) is 6.09. The molecule has 0 aromatic carbocycles. The van der Waals surface area contributed by atoms with Crippen LogP contribution in [0.3, 0.4) is 0 Å². The Morgan fingerprint density at radius 2 is 2.18 bits per heavy atom. The summed E-state index contributed by atoms with van der Waals surface area (Å²) in [4.78, 5) is 21.0. The number of amides is 2. The van der Waals surface area contributed by atoms with Crippen molar-refractivity contribution in [2.24, 2.45) is 0 Å². The molecule has 0 heterocycles. The van der Waals surface area contributed by atoms with Crippen LogP contribution in [-0.4, -0.2) is 31.9 Å². The fourth-order valence-corrected chi connectivity index (χ4v) is 0.877. The lowest BCUT2D eigenvalue weighted by atomic mass is 10.2. The summed E-state index contributed by atoms with van der Waals surface area (Å²) in [5, 5.41) is 2.39. The highest BCUT2D eigenvalue weighted by Gasteiger charge is 1.98. The van der Waals surface area contributed by atoms with Crippen LogP contribution in [0.15, 0.2) is 0 Å². The summed E-state index contributed by atoms with van der Waals surface area (Å²) in [7, 11) is 5.03. The van der Waals surface area contributed by atoms with Gasteiger partial charge in [0.15, 0.2) is 0 Å². The summed E-state index contributed by atoms with van der Waals surface area (Å²) in [6.45, 7) is 1.38. The Bertz CT molecular complexity index is 153. The largest absolute Gasteiger partial charge is 0.364 e. The van der Waals surface area contributed by atoms with E-state index >= 15 is 0 Å². The third-order valence-corrected chi connectivity index (χ3v) is 1.56. The van der Waals surface area contributed by atoms with Crippen LogP contribution in [0.2, 0.25) is 0 Å². The second-order valence-corrected chi connectivity index (χ2v) is 2.53. The van der Waals surface area contributed by atoms with Gasteiger partial charge >= 0.3 is 0 Å². The zero-order chi connectivity index (χ0) is 8.69. The van der Waals surface area contributed by atoms with Crippen molar-refractivity contribution < 1.29 is 9.59 Å². The SMILES string of the molecule is [B]CNC(=O)CSNC(C)=O. The average molecular weight is 172 g/mol. The van der Waals surface area contributed by atoms with Crippen LogP contribution in [0.5, 0.6) is 0 Å². The second-order valence-electron chi connectivity index (χ2n) is 1.75. The molecule has 0 fully saturated rings. The van der Waals surface area contributed by atoms with Crippen molar-refractivity contribution in [3.63, 3.8) is 0 Å². The Balaban J connectivity index is 3.24. The van der Waals surface area contributed by atoms with E-state index in [9.17, 15) is 9.59 Å². The molecule has 0 atom stereocenters. The Hall–Kier alpha value is -0.645. The van der Waals surface area contributed by atoms with Crippen LogP contribution in [0.1, 0.15) is 6.92 Å². The van der Waals surface area contributed by atoms with Gasteiger partial charge in [-0.1, -0.05) is 0 Å². The van der Waals surface area contributed by atoms with Crippen LogP contribution in [-0.2, 0) is 9.59 Å². The van der Waals surface area contributed by atoms with Gasteiger partial charge in [-0.15, -0.1) is 0 Å². The van der Waals surface area contributed by atoms with Gasteiger partial charge in [-0.2, -0.15) is 0 Å². The van der Waals surface area contributed by atoms with E-state index in [1.807, 2.05) is 0 Å². The molecule has 11 heavy (non-hydrogen) atoms. The van der Waals surface area contributed by atoms with E-state index in [1.54, 1.807) is 0 Å². The molecule has 60 valence electrons. The van der Waals surface area contributed by atoms with Crippen LogP contribution in [0, 0.1) is 0 Å². The van der Waals surface area contributed by atoms with Gasteiger partial charge in [0.2, 0.25) is 11.8 Å². The van der Waals surface area contributed by atoms with Crippen LogP contribution >= 0.6 is 11.9 Å². The van der Waals surface area contributed by atoms with E-state index in [1.165, 1.54) is 6.92 Å². The third kappa shape index (κ3) is 7.25. The van der Waals surface area contributed by atoms with Crippen molar-refractivity contribution >= 4 is 31.6 Å². The number of carbonyl (C=O) groups excluding carboxylic acids is 2. The quantitative estimate of drug-likeness (QED) is 0.423. The van der Waals surface area contributed by atoms with E-state index in [0.717, 1.165) is 11.9 Å². The molecule has 0 aromatic heterocycles. The fourth-order valence-electron chi connectivity index (χ4n) is 0.368. The highest BCUT2D eigenvalue weighted by atomic mass is 32.2. The molecule has 6 heteroatoms. The van der Waals surface area contributed by atoms with Crippen LogP contribution in [0.4, 0.5) is 0 Å². The van der Waals surface area contributed by atoms with Crippen LogP contribution < -0.4 is 10.0 Å². The van der Waals surface area contributed by atoms with E-state index in [0.29, 0.717) is 0 Å². The first-order valence-corrected chi connectivity index (χ1v) is 4.00. The summed E-state index contributed by atoms with van der Waals surface area (Å²) in [6.07, 6.45) is 0.124. The minimum absolute atomic E-state index is 0.124. The van der Waals surface area contributed by atoms with Gasteiger partial charge in [0.05, 0.1) is 13.6 Å². The number of nitrogens with one attached hydrogen (secondary N) is 2. The average Bonchev–Trinajstić information content (AvgIpc) is 1.87. The third-order valence-electron chi connectivity index (χ3n) is 0.718. The van der Waals surface area contributed by atoms with Gasteiger partial charge in [0, 0.05) is 6.92 Å². The minimum atomic E-state index is -0.189. The first kappa shape index (κ1) is 10.4. The van der Waals surface area contributed by atoms with Gasteiger partial charge in [-0.25, -0.2) is 0 Å². The smallest absolute Gasteiger partial charge is 0.231 e. The Labute approximate surface area is 71.0 Å². The highest BCUT2D eigenvalue weighted by molar-refractivity contribution is 7.98. The maximum atomic E-state index is 10.7. The lowest BCUT2D eigenvalue weighted by molar-refractivity contribution is -0.118. The first-order valence-electron chi connectivity index (χ1n) is 3.02. The summed E-state index contributed by atoms with van der Waals surface area (Å²) in [5.41, 5.74) is 0. The molecule has 4 nitrogen and oxygen atoms in total. The molecule has 0 aliphatic heterocycles. The molecule has 2 radical (unpaired) electrons. The zero-order valence-electron chi connectivity index (χ0n) is 6.22. The molecule has 0 saturated carbocycles. The fraction of sp³-hybridized carbons (Fsp3) is 0.600. The molecule has 0 aliphatic rings. The van der Waals surface area contributed by atoms with Gasteiger partial charge in [-0.05, 0) is 18.4 Å². The molecule has 0 bridgehead atoms. The number of carbonyl (C=O) groups is 2. The van der Waals surface area contributed by atoms with E-state index in [4.69, 9.17) is 7.85 Å². The van der Waals surface area contributed by atoms with E-state index < -0.39 is 0 Å². The molecule has 0 rings (SSSR count). The molecule has 2 N–H and O–H groups in total. The molecule has 0 unspecified atom stereocenters. The van der Waals surface area contributed by atoms with E-state index in [2.05, 4.69) is 10.0 Å². The maximum Gasteiger partial charge on any atom is 0.231 e. The van der Waals surface area contributed by atoms with Crippen molar-refractivity contribution in [1.29, 1.82) is 0 Å². The standard InChI is InChI=1S/C5H9BN2O2S/c1-4(9)8-11-2-5(10)7-3-6/h2-3H2,1H3,(H,7,10)(H,8,9). The monoisotopic (exact) mass is 172 g/mol. The van der Waals surface area contributed by atoms with Crippen LogP contribution in [0.25, 0.3) is 0 Å². The van der Waals surface area contributed by atoms with Crippen molar-refractivity contribution in [1.82, 2.24) is 10.0 Å². The molecule has 0 aromatic rings. The normalized spacial score (nSPS) is 8.82.